The van der Waals surface area contributed by atoms with Gasteiger partial charge in [0.1, 0.15) is 0 Å². The van der Waals surface area contributed by atoms with Gasteiger partial charge in [-0.2, -0.15) is 13.2 Å². The molecule has 0 amide bonds. The van der Waals surface area contributed by atoms with Gasteiger partial charge in [0.25, 0.3) is 0 Å². The molecule has 124 valence electrons. The molecule has 1 rings (SSSR count). The number of halogens is 3. The van der Waals surface area contributed by atoms with Gasteiger partial charge >= 0.3 is 6.18 Å². The van der Waals surface area contributed by atoms with Crippen LogP contribution in [-0.4, -0.2) is 81.8 Å². The molecule has 0 aromatic rings. The van der Waals surface area contributed by atoms with Crippen LogP contribution in [0.25, 0.3) is 0 Å². The summed E-state index contributed by atoms with van der Waals surface area (Å²) in [5.41, 5.74) is 0. The first-order valence-corrected chi connectivity index (χ1v) is 7.21. The molecule has 8 heteroatoms. The lowest BCUT2D eigenvalue weighted by Crippen LogP contribution is -2.45. The van der Waals surface area contributed by atoms with Crippen molar-refractivity contribution in [3.63, 3.8) is 0 Å². The van der Waals surface area contributed by atoms with E-state index in [1.54, 1.807) is 7.05 Å². The van der Waals surface area contributed by atoms with Gasteiger partial charge in [0.2, 0.25) is 0 Å². The van der Waals surface area contributed by atoms with Crippen LogP contribution in [0.4, 0.5) is 13.2 Å². The molecular weight excluding hydrogens is 283 g/mol. The molecule has 1 atom stereocenters. The zero-order valence-electron chi connectivity index (χ0n) is 13.0. The van der Waals surface area contributed by atoms with Crippen LogP contribution in [0.1, 0.15) is 12.8 Å². The van der Waals surface area contributed by atoms with Crippen molar-refractivity contribution >= 4 is 5.96 Å². The van der Waals surface area contributed by atoms with Gasteiger partial charge in [-0.25, -0.2) is 0 Å². The SMILES string of the molecule is CN=C(NCCCN(C)C)NC1CCN(CC(F)(F)F)C1. The van der Waals surface area contributed by atoms with Gasteiger partial charge in [-0.05, 0) is 33.5 Å². The summed E-state index contributed by atoms with van der Waals surface area (Å²) in [6, 6.07) is 0.0207. The van der Waals surface area contributed by atoms with Crippen LogP contribution in [0.3, 0.4) is 0 Å². The second kappa shape index (κ2) is 8.43. The van der Waals surface area contributed by atoms with Crippen molar-refractivity contribution in [2.75, 3.05) is 53.9 Å². The van der Waals surface area contributed by atoms with Crippen LogP contribution in [-0.2, 0) is 0 Å². The molecule has 1 saturated heterocycles. The first-order valence-electron chi connectivity index (χ1n) is 7.21. The highest BCUT2D eigenvalue weighted by atomic mass is 19.4. The lowest BCUT2D eigenvalue weighted by molar-refractivity contribution is -0.143. The van der Waals surface area contributed by atoms with E-state index in [-0.39, 0.29) is 6.04 Å². The van der Waals surface area contributed by atoms with Crippen molar-refractivity contribution in [3.05, 3.63) is 0 Å². The molecule has 0 spiro atoms. The Kier molecular flexibility index (Phi) is 7.24. The summed E-state index contributed by atoms with van der Waals surface area (Å²) in [5.74, 6) is 0.660. The number of rotatable bonds is 6. The average Bonchev–Trinajstić information content (AvgIpc) is 2.77. The Morgan fingerprint density at radius 3 is 2.67 bits per heavy atom. The van der Waals surface area contributed by atoms with E-state index in [0.29, 0.717) is 25.5 Å². The van der Waals surface area contributed by atoms with Crippen molar-refractivity contribution < 1.29 is 13.2 Å². The molecule has 2 N–H and O–H groups in total. The van der Waals surface area contributed by atoms with E-state index in [2.05, 4.69) is 20.5 Å². The lowest BCUT2D eigenvalue weighted by atomic mass is 10.3. The lowest BCUT2D eigenvalue weighted by Gasteiger charge is -2.20. The maximum Gasteiger partial charge on any atom is 0.401 e. The highest BCUT2D eigenvalue weighted by Gasteiger charge is 2.34. The number of aliphatic imine (C=N–C) groups is 1. The summed E-state index contributed by atoms with van der Waals surface area (Å²) in [5, 5.41) is 6.37. The number of guanidine groups is 1. The zero-order chi connectivity index (χ0) is 15.9. The number of likely N-dealkylation sites (tertiary alicyclic amines) is 1. The first kappa shape index (κ1) is 18.0. The number of hydrogen-bond acceptors (Lipinski definition) is 3. The molecule has 21 heavy (non-hydrogen) atoms. The van der Waals surface area contributed by atoms with Crippen LogP contribution in [0.15, 0.2) is 4.99 Å². The van der Waals surface area contributed by atoms with E-state index in [0.717, 1.165) is 19.5 Å². The Hall–Kier alpha value is -1.02. The fourth-order valence-electron chi connectivity index (χ4n) is 2.34. The summed E-state index contributed by atoms with van der Waals surface area (Å²) < 4.78 is 37.0. The Balaban J connectivity index is 2.25. The van der Waals surface area contributed by atoms with E-state index in [1.807, 2.05) is 14.1 Å². The summed E-state index contributed by atoms with van der Waals surface area (Å²) in [7, 11) is 5.70. The largest absolute Gasteiger partial charge is 0.401 e. The van der Waals surface area contributed by atoms with E-state index in [4.69, 9.17) is 0 Å². The summed E-state index contributed by atoms with van der Waals surface area (Å²) in [6.07, 6.45) is -2.44. The third kappa shape index (κ3) is 8.11. The summed E-state index contributed by atoms with van der Waals surface area (Å²) in [6.45, 7) is 1.80. The van der Waals surface area contributed by atoms with Crippen LogP contribution >= 0.6 is 0 Å². The molecular formula is C13H26F3N5. The maximum absolute atomic E-state index is 12.3. The zero-order valence-corrected chi connectivity index (χ0v) is 13.0. The number of hydrogen-bond donors (Lipinski definition) is 2. The minimum absolute atomic E-state index is 0.0207. The van der Waals surface area contributed by atoms with Crippen molar-refractivity contribution in [2.24, 2.45) is 4.99 Å². The molecule has 1 aliphatic heterocycles. The third-order valence-corrected chi connectivity index (χ3v) is 3.31. The Labute approximate surface area is 124 Å². The average molecular weight is 309 g/mol. The van der Waals surface area contributed by atoms with Gasteiger partial charge in [-0.1, -0.05) is 0 Å². The topological polar surface area (TPSA) is 42.9 Å². The third-order valence-electron chi connectivity index (χ3n) is 3.31. The fraction of sp³-hybridized carbons (Fsp3) is 0.923. The summed E-state index contributed by atoms with van der Waals surface area (Å²) >= 11 is 0. The number of alkyl halides is 3. The van der Waals surface area contributed by atoms with Gasteiger partial charge in [0.15, 0.2) is 5.96 Å². The second-order valence-corrected chi connectivity index (χ2v) is 5.64. The molecule has 5 nitrogen and oxygen atoms in total. The van der Waals surface area contributed by atoms with E-state index in [1.165, 1.54) is 4.90 Å². The van der Waals surface area contributed by atoms with Crippen LogP contribution in [0.2, 0.25) is 0 Å². The highest BCUT2D eigenvalue weighted by Crippen LogP contribution is 2.19. The minimum atomic E-state index is -4.12. The van der Waals surface area contributed by atoms with E-state index >= 15 is 0 Å². The molecule has 1 unspecified atom stereocenters. The highest BCUT2D eigenvalue weighted by molar-refractivity contribution is 5.79. The van der Waals surface area contributed by atoms with Gasteiger partial charge in [-0.15, -0.1) is 0 Å². The molecule has 0 bridgehead atoms. The van der Waals surface area contributed by atoms with Gasteiger partial charge in [0, 0.05) is 32.7 Å². The molecule has 0 saturated carbocycles. The fourth-order valence-corrected chi connectivity index (χ4v) is 2.34. The molecule has 1 fully saturated rings. The van der Waals surface area contributed by atoms with Gasteiger partial charge < -0.3 is 15.5 Å². The van der Waals surface area contributed by atoms with Crippen molar-refractivity contribution in [2.45, 2.75) is 25.1 Å². The summed E-state index contributed by atoms with van der Waals surface area (Å²) in [4.78, 5) is 7.64. The maximum atomic E-state index is 12.3. The molecule has 0 radical (unpaired) electrons. The van der Waals surface area contributed by atoms with Gasteiger partial charge in [-0.3, -0.25) is 9.89 Å². The van der Waals surface area contributed by atoms with E-state index < -0.39 is 12.7 Å². The minimum Gasteiger partial charge on any atom is -0.356 e. The Morgan fingerprint density at radius 2 is 2.10 bits per heavy atom. The predicted octanol–water partition coefficient (Wildman–Crippen LogP) is 0.740. The molecule has 1 heterocycles. The van der Waals surface area contributed by atoms with E-state index in [9.17, 15) is 13.2 Å². The first-order chi connectivity index (χ1) is 9.80. The van der Waals surface area contributed by atoms with Crippen molar-refractivity contribution in [1.29, 1.82) is 0 Å². The quantitative estimate of drug-likeness (QED) is 0.431. The Morgan fingerprint density at radius 1 is 1.38 bits per heavy atom. The molecule has 0 aromatic carbocycles. The normalized spacial score (nSPS) is 21.1. The number of nitrogens with zero attached hydrogens (tertiary/aromatic N) is 3. The standard InChI is InChI=1S/C13H26F3N5/c1-17-12(18-6-4-7-20(2)3)19-11-5-8-21(9-11)10-13(14,15)16/h11H,4-10H2,1-3H3,(H2,17,18,19). The Bertz CT molecular complexity index is 330. The predicted molar refractivity (Wildman–Crippen MR) is 78.6 cm³/mol. The van der Waals surface area contributed by atoms with Crippen molar-refractivity contribution in [3.8, 4) is 0 Å². The van der Waals surface area contributed by atoms with Gasteiger partial charge in [0.05, 0.1) is 6.54 Å². The second-order valence-electron chi connectivity index (χ2n) is 5.64. The molecule has 0 aliphatic carbocycles. The molecule has 0 aromatic heterocycles. The van der Waals surface area contributed by atoms with Crippen molar-refractivity contribution in [1.82, 2.24) is 20.4 Å². The smallest absolute Gasteiger partial charge is 0.356 e. The van der Waals surface area contributed by atoms with Crippen LogP contribution < -0.4 is 10.6 Å². The van der Waals surface area contributed by atoms with Crippen LogP contribution in [0.5, 0.6) is 0 Å². The number of nitrogens with one attached hydrogen (secondary N) is 2. The van der Waals surface area contributed by atoms with Crippen LogP contribution in [0, 0.1) is 0 Å². The molecule has 1 aliphatic rings. The monoisotopic (exact) mass is 309 g/mol.